The summed E-state index contributed by atoms with van der Waals surface area (Å²) in [5, 5.41) is 13.0. The summed E-state index contributed by atoms with van der Waals surface area (Å²) >= 11 is 1.86. The molecule has 0 radical (unpaired) electrons. The Kier molecular flexibility index (Phi) is 9.13. The second kappa shape index (κ2) is 12.4. The third-order valence-electron chi connectivity index (χ3n) is 10.8. The highest BCUT2D eigenvalue weighted by Gasteiger charge is 2.62. The van der Waals surface area contributed by atoms with E-state index in [2.05, 4.69) is 51.1 Å². The van der Waals surface area contributed by atoms with Gasteiger partial charge in [-0.25, -0.2) is 0 Å². The predicted octanol–water partition coefficient (Wildman–Crippen LogP) is 5.45. The molecule has 8 nitrogen and oxygen atoms in total. The molecule has 42 heavy (non-hydrogen) atoms. The van der Waals surface area contributed by atoms with Crippen molar-refractivity contribution < 1.29 is 17.9 Å². The van der Waals surface area contributed by atoms with Crippen molar-refractivity contribution in [3.8, 4) is 5.88 Å². The van der Waals surface area contributed by atoms with E-state index in [0.717, 1.165) is 25.9 Å². The minimum absolute atomic E-state index is 0.00192. The summed E-state index contributed by atoms with van der Waals surface area (Å²) in [5.74, 6) is 0.866. The molecular weight excluding hydrogens is 563 g/mol. The lowest BCUT2D eigenvalue weighted by molar-refractivity contribution is -0.190. The molecule has 12 heteroatoms. The van der Waals surface area contributed by atoms with Crippen LogP contribution in [0.5, 0.6) is 5.88 Å². The van der Waals surface area contributed by atoms with Gasteiger partial charge < -0.3 is 4.74 Å². The second-order valence-electron chi connectivity index (χ2n) is 14.1. The van der Waals surface area contributed by atoms with E-state index in [9.17, 15) is 13.2 Å². The Morgan fingerprint density at radius 2 is 1.86 bits per heavy atom. The summed E-state index contributed by atoms with van der Waals surface area (Å²) in [4.78, 5) is 5.31. The molecule has 5 fully saturated rings. The van der Waals surface area contributed by atoms with E-state index in [4.69, 9.17) is 4.74 Å². The third kappa shape index (κ3) is 6.63. The highest BCUT2D eigenvalue weighted by Crippen LogP contribution is 2.59. The van der Waals surface area contributed by atoms with Crippen LogP contribution in [0.15, 0.2) is 12.3 Å². The molecule has 2 bridgehead atoms. The van der Waals surface area contributed by atoms with Crippen LogP contribution in [0, 0.1) is 11.3 Å². The molecule has 238 valence electrons. The maximum Gasteiger partial charge on any atom is 0.394 e. The SMILES string of the molecule is CN1CCC[C@H]2CCC(C)(C)N2C2NC(n3ccc(OCCC4(C(F)(F)F)CC4)n3)CCC2CNSC2CCCC1N2. The van der Waals surface area contributed by atoms with Gasteiger partial charge in [0.15, 0.2) is 0 Å². The standard InChI is InChI=1S/C30H50F3N7OS/c1-28(2)13-11-22-6-5-17-38(3)23-7-4-8-26(35-23)42-34-20-21-9-10-24(36-27(21)40(22)28)39-18-12-25(37-39)41-19-16-29(14-15-29)30(31,32)33/h12,18,21-24,26-27,34-36H,4-11,13-17,19-20H2,1-3H3/t21?,22-,23?,24?,26?,27?/m0/s1. The molecule has 0 amide bonds. The summed E-state index contributed by atoms with van der Waals surface area (Å²) in [7, 11) is 2.27. The molecule has 1 aromatic heterocycles. The lowest BCUT2D eigenvalue weighted by Gasteiger charge is -2.49. The molecule has 5 unspecified atom stereocenters. The molecule has 6 atom stereocenters. The van der Waals surface area contributed by atoms with Crippen molar-refractivity contribution >= 4 is 11.9 Å². The number of aromatic nitrogens is 2. The van der Waals surface area contributed by atoms with Gasteiger partial charge in [-0.2, -0.15) is 13.2 Å². The van der Waals surface area contributed by atoms with Crippen LogP contribution in [-0.4, -0.2) is 81.8 Å². The first-order chi connectivity index (χ1) is 20.0. The van der Waals surface area contributed by atoms with E-state index < -0.39 is 11.6 Å². The van der Waals surface area contributed by atoms with Gasteiger partial charge in [-0.05, 0) is 104 Å². The fourth-order valence-corrected chi connectivity index (χ4v) is 8.92. The van der Waals surface area contributed by atoms with Gasteiger partial charge in [0.25, 0.3) is 0 Å². The Bertz CT molecular complexity index is 1050. The molecule has 1 saturated carbocycles. The van der Waals surface area contributed by atoms with Crippen LogP contribution in [0.25, 0.3) is 0 Å². The molecule has 5 heterocycles. The number of hydrogen-bond acceptors (Lipinski definition) is 8. The average molecular weight is 614 g/mol. The van der Waals surface area contributed by atoms with Crippen LogP contribution >= 0.6 is 11.9 Å². The number of rotatable bonds is 5. The summed E-state index contributed by atoms with van der Waals surface area (Å²) < 4.78 is 51.3. The monoisotopic (exact) mass is 613 g/mol. The number of fused-ring (bicyclic) bond motifs is 5. The summed E-state index contributed by atoms with van der Waals surface area (Å²) in [6.07, 6.45) is 9.36. The number of alkyl halides is 3. The Morgan fingerprint density at radius 3 is 2.64 bits per heavy atom. The molecule has 0 spiro atoms. The molecule has 1 aromatic rings. The van der Waals surface area contributed by atoms with Gasteiger partial charge in [0, 0.05) is 36.3 Å². The zero-order valence-electron chi connectivity index (χ0n) is 25.5. The lowest BCUT2D eigenvalue weighted by atomic mass is 9.90. The first-order valence-electron chi connectivity index (χ1n) is 16.2. The van der Waals surface area contributed by atoms with Crippen molar-refractivity contribution in [2.24, 2.45) is 11.3 Å². The second-order valence-corrected chi connectivity index (χ2v) is 15.2. The number of ether oxygens (including phenoxy) is 1. The molecule has 0 aromatic carbocycles. The molecule has 1 aliphatic carbocycles. The summed E-state index contributed by atoms with van der Waals surface area (Å²) in [6.45, 7) is 6.89. The van der Waals surface area contributed by atoms with Gasteiger partial charge in [-0.1, -0.05) is 11.9 Å². The number of nitrogens with one attached hydrogen (secondary N) is 3. The number of nitrogens with zero attached hydrogens (tertiary/aromatic N) is 4. The van der Waals surface area contributed by atoms with Gasteiger partial charge in [-0.15, -0.1) is 5.10 Å². The first-order valence-corrected chi connectivity index (χ1v) is 17.1. The quantitative estimate of drug-likeness (QED) is 0.379. The minimum Gasteiger partial charge on any atom is -0.477 e. The maximum absolute atomic E-state index is 13.3. The van der Waals surface area contributed by atoms with Gasteiger partial charge in [-0.3, -0.25) is 29.8 Å². The number of piperidine rings is 2. The van der Waals surface area contributed by atoms with Crippen molar-refractivity contribution in [2.45, 2.75) is 133 Å². The number of halogens is 3. The Morgan fingerprint density at radius 1 is 1.02 bits per heavy atom. The summed E-state index contributed by atoms with van der Waals surface area (Å²) in [5.41, 5.74) is -1.44. The molecule has 5 aliphatic rings. The van der Waals surface area contributed by atoms with Crippen LogP contribution in [0.1, 0.15) is 97.1 Å². The Hall–Kier alpha value is -1.05. The minimum atomic E-state index is -4.15. The van der Waals surface area contributed by atoms with Crippen LogP contribution in [0.3, 0.4) is 0 Å². The highest BCUT2D eigenvalue weighted by molar-refractivity contribution is 7.98. The Labute approximate surface area is 253 Å². The third-order valence-corrected chi connectivity index (χ3v) is 11.8. The van der Waals surface area contributed by atoms with Crippen molar-refractivity contribution in [1.82, 2.24) is 34.9 Å². The van der Waals surface area contributed by atoms with Gasteiger partial charge in [0.1, 0.15) is 6.17 Å². The van der Waals surface area contributed by atoms with Crippen LogP contribution in [0.2, 0.25) is 0 Å². The van der Waals surface area contributed by atoms with Crippen molar-refractivity contribution in [3.63, 3.8) is 0 Å². The topological polar surface area (TPSA) is 69.6 Å². The van der Waals surface area contributed by atoms with Crippen LogP contribution < -0.4 is 20.1 Å². The van der Waals surface area contributed by atoms with Gasteiger partial charge >= 0.3 is 6.18 Å². The summed E-state index contributed by atoms with van der Waals surface area (Å²) in [6, 6.07) is 2.32. The van der Waals surface area contributed by atoms with Gasteiger partial charge in [0.05, 0.1) is 29.7 Å². The maximum atomic E-state index is 13.3. The molecule has 4 saturated heterocycles. The zero-order valence-corrected chi connectivity index (χ0v) is 26.3. The number of hydrogen-bond donors (Lipinski definition) is 3. The molecule has 4 aliphatic heterocycles. The van der Waals surface area contributed by atoms with Crippen molar-refractivity contribution in [3.05, 3.63) is 12.3 Å². The molecule has 3 N–H and O–H groups in total. The van der Waals surface area contributed by atoms with Crippen LogP contribution in [0.4, 0.5) is 13.2 Å². The van der Waals surface area contributed by atoms with E-state index in [1.165, 1.54) is 44.9 Å². The largest absolute Gasteiger partial charge is 0.477 e. The smallest absolute Gasteiger partial charge is 0.394 e. The fraction of sp³-hybridized carbons (Fsp3) is 0.900. The fourth-order valence-electron chi connectivity index (χ4n) is 7.90. The van der Waals surface area contributed by atoms with Crippen LogP contribution in [-0.2, 0) is 0 Å². The van der Waals surface area contributed by atoms with Crippen molar-refractivity contribution in [2.75, 3.05) is 26.7 Å². The van der Waals surface area contributed by atoms with E-state index in [1.54, 1.807) is 6.07 Å². The average Bonchev–Trinajstić information content (AvgIpc) is 3.51. The molecule has 6 rings (SSSR count). The van der Waals surface area contributed by atoms with Crippen molar-refractivity contribution in [1.29, 1.82) is 0 Å². The predicted molar refractivity (Wildman–Crippen MR) is 160 cm³/mol. The Balaban J connectivity index is 1.14. The highest BCUT2D eigenvalue weighted by atomic mass is 32.2. The normalized spacial score (nSPS) is 36.0. The lowest BCUT2D eigenvalue weighted by Crippen LogP contribution is -2.62. The molecular formula is C30H50F3N7OS. The van der Waals surface area contributed by atoms with Gasteiger partial charge in [0.2, 0.25) is 5.88 Å². The first kappa shape index (κ1) is 31.0. The van der Waals surface area contributed by atoms with E-state index in [0.29, 0.717) is 29.4 Å². The zero-order chi connectivity index (χ0) is 29.5. The van der Waals surface area contributed by atoms with E-state index in [-0.39, 0.29) is 43.7 Å². The van der Waals surface area contributed by atoms with E-state index >= 15 is 0 Å². The van der Waals surface area contributed by atoms with E-state index in [1.807, 2.05) is 22.8 Å².